The van der Waals surface area contributed by atoms with E-state index < -0.39 is 11.9 Å². The van der Waals surface area contributed by atoms with Crippen LogP contribution in [0.1, 0.15) is 12.8 Å². The average molecular weight is 369 g/mol. The molecule has 7 heteroatoms. The molecule has 0 unspecified atom stereocenters. The Labute approximate surface area is 135 Å². The molecule has 22 heavy (non-hydrogen) atoms. The van der Waals surface area contributed by atoms with Crippen molar-refractivity contribution < 1.29 is 14.7 Å². The fourth-order valence-corrected chi connectivity index (χ4v) is 3.55. The average Bonchev–Trinajstić information content (AvgIpc) is 3.21. The van der Waals surface area contributed by atoms with Crippen molar-refractivity contribution in [1.29, 1.82) is 0 Å². The Morgan fingerprint density at radius 3 is 2.64 bits per heavy atom. The first kappa shape index (κ1) is 15.3. The maximum atomic E-state index is 12.4. The van der Waals surface area contributed by atoms with E-state index in [1.54, 1.807) is 17.2 Å². The van der Waals surface area contributed by atoms with Crippen LogP contribution in [0.5, 0.6) is 0 Å². The quantitative estimate of drug-likeness (QED) is 0.865. The van der Waals surface area contributed by atoms with Gasteiger partial charge in [0.1, 0.15) is 6.54 Å². The molecule has 2 aliphatic rings. The summed E-state index contributed by atoms with van der Waals surface area (Å²) in [6.07, 6.45) is 3.69. The van der Waals surface area contributed by atoms with Gasteiger partial charge >= 0.3 is 5.97 Å². The molecule has 2 fully saturated rings. The number of halogens is 1. The summed E-state index contributed by atoms with van der Waals surface area (Å²) in [6, 6.07) is 3.02. The van der Waals surface area contributed by atoms with Crippen molar-refractivity contribution in [2.75, 3.05) is 13.1 Å². The van der Waals surface area contributed by atoms with Gasteiger partial charge in [-0.2, -0.15) is 0 Å². The summed E-state index contributed by atoms with van der Waals surface area (Å²) in [5, 5.41) is 9.33. The van der Waals surface area contributed by atoms with E-state index in [0.29, 0.717) is 12.5 Å². The van der Waals surface area contributed by atoms with Crippen LogP contribution in [0.15, 0.2) is 27.6 Å². The van der Waals surface area contributed by atoms with E-state index in [9.17, 15) is 19.5 Å². The number of carbonyl (C=O) groups is 2. The monoisotopic (exact) mass is 368 g/mol. The topological polar surface area (TPSA) is 79.6 Å². The van der Waals surface area contributed by atoms with E-state index in [1.807, 2.05) is 0 Å². The van der Waals surface area contributed by atoms with Crippen LogP contribution in [-0.4, -0.2) is 39.5 Å². The molecule has 0 radical (unpaired) electrons. The lowest BCUT2D eigenvalue weighted by Gasteiger charge is -2.17. The highest BCUT2D eigenvalue weighted by Gasteiger charge is 2.46. The molecule has 6 nitrogen and oxygen atoms in total. The number of carboxylic acid groups (broad SMARTS) is 1. The Hall–Kier alpha value is -1.63. The van der Waals surface area contributed by atoms with E-state index >= 15 is 0 Å². The van der Waals surface area contributed by atoms with Gasteiger partial charge in [-0.1, -0.05) is 0 Å². The van der Waals surface area contributed by atoms with E-state index in [0.717, 1.165) is 17.3 Å². The normalized spacial score (nSPS) is 24.5. The van der Waals surface area contributed by atoms with Crippen molar-refractivity contribution >= 4 is 27.8 Å². The lowest BCUT2D eigenvalue weighted by molar-refractivity contribution is -0.142. The molecule has 1 aromatic rings. The molecule has 2 atom stereocenters. The highest BCUT2D eigenvalue weighted by Crippen LogP contribution is 2.44. The van der Waals surface area contributed by atoms with Crippen LogP contribution in [0.2, 0.25) is 0 Å². The highest BCUT2D eigenvalue weighted by atomic mass is 79.9. The maximum absolute atomic E-state index is 12.4. The first-order chi connectivity index (χ1) is 10.5. The first-order valence-corrected chi connectivity index (χ1v) is 8.11. The van der Waals surface area contributed by atoms with E-state index in [2.05, 4.69) is 15.9 Å². The number of aliphatic carboxylic acids is 1. The molecule has 1 aliphatic heterocycles. The molecule has 1 aliphatic carbocycles. The van der Waals surface area contributed by atoms with Crippen LogP contribution < -0.4 is 5.56 Å². The summed E-state index contributed by atoms with van der Waals surface area (Å²) in [6.45, 7) is 0.684. The Morgan fingerprint density at radius 2 is 2.00 bits per heavy atom. The largest absolute Gasteiger partial charge is 0.481 e. The minimum absolute atomic E-state index is 0.0536. The van der Waals surface area contributed by atoms with Gasteiger partial charge in [0.05, 0.1) is 5.92 Å². The third kappa shape index (κ3) is 3.09. The van der Waals surface area contributed by atoms with Crippen molar-refractivity contribution in [3.63, 3.8) is 0 Å². The molecule has 1 N–H and O–H groups in total. The first-order valence-electron chi connectivity index (χ1n) is 7.32. The van der Waals surface area contributed by atoms with Crippen LogP contribution in [0.3, 0.4) is 0 Å². The van der Waals surface area contributed by atoms with Gasteiger partial charge in [0.15, 0.2) is 0 Å². The number of hydrogen-bond acceptors (Lipinski definition) is 3. The molecule has 1 amide bonds. The predicted molar refractivity (Wildman–Crippen MR) is 82.3 cm³/mol. The molecule has 3 rings (SSSR count). The van der Waals surface area contributed by atoms with Gasteiger partial charge < -0.3 is 14.6 Å². The maximum Gasteiger partial charge on any atom is 0.308 e. The summed E-state index contributed by atoms with van der Waals surface area (Å²) in [4.78, 5) is 37.1. The Bertz CT molecular complexity index is 668. The van der Waals surface area contributed by atoms with Crippen molar-refractivity contribution in [2.24, 2.45) is 17.8 Å². The molecule has 1 saturated carbocycles. The molecule has 2 heterocycles. The summed E-state index contributed by atoms with van der Waals surface area (Å²) in [5.41, 5.74) is -0.246. The highest BCUT2D eigenvalue weighted by molar-refractivity contribution is 9.10. The van der Waals surface area contributed by atoms with Gasteiger partial charge in [0, 0.05) is 29.8 Å². The number of likely N-dealkylation sites (tertiary alicyclic amines) is 1. The lowest BCUT2D eigenvalue weighted by Crippen LogP contribution is -2.35. The zero-order valence-electron chi connectivity index (χ0n) is 11.9. The lowest BCUT2D eigenvalue weighted by atomic mass is 9.92. The van der Waals surface area contributed by atoms with E-state index in [-0.39, 0.29) is 30.5 Å². The van der Waals surface area contributed by atoms with Gasteiger partial charge in [-0.15, -0.1) is 0 Å². The molecular weight excluding hydrogens is 352 g/mol. The van der Waals surface area contributed by atoms with Crippen LogP contribution in [-0.2, 0) is 16.1 Å². The smallest absolute Gasteiger partial charge is 0.308 e. The van der Waals surface area contributed by atoms with Gasteiger partial charge in [0.25, 0.3) is 5.56 Å². The number of carboxylic acids is 1. The number of amides is 1. The Morgan fingerprint density at radius 1 is 1.27 bits per heavy atom. The van der Waals surface area contributed by atoms with Crippen molar-refractivity contribution in [1.82, 2.24) is 9.47 Å². The second-order valence-corrected chi connectivity index (χ2v) is 6.97. The number of nitrogens with zero attached hydrogens (tertiary/aromatic N) is 2. The van der Waals surface area contributed by atoms with Crippen molar-refractivity contribution in [3.05, 3.63) is 33.2 Å². The molecule has 118 valence electrons. The molecule has 0 aromatic carbocycles. The second kappa shape index (κ2) is 5.87. The van der Waals surface area contributed by atoms with E-state index in [1.165, 1.54) is 10.6 Å². The second-order valence-electron chi connectivity index (χ2n) is 6.06. The van der Waals surface area contributed by atoms with Gasteiger partial charge in [0.2, 0.25) is 5.91 Å². The number of hydrogen-bond donors (Lipinski definition) is 1. The third-order valence-electron chi connectivity index (χ3n) is 4.52. The van der Waals surface area contributed by atoms with Crippen LogP contribution in [0.25, 0.3) is 0 Å². The van der Waals surface area contributed by atoms with Crippen molar-refractivity contribution in [2.45, 2.75) is 19.4 Å². The number of aromatic nitrogens is 1. The standard InChI is InChI=1S/C15H17BrN2O4/c16-10-3-4-13(19)17(5-10)8-14(20)18-6-11(9-1-2-9)12(7-18)15(21)22/h3-5,9,11-12H,1-2,6-8H2,(H,21,22)/t11-,12+/m1/s1. The van der Waals surface area contributed by atoms with Gasteiger partial charge in [-0.05, 0) is 46.7 Å². The van der Waals surface area contributed by atoms with Gasteiger partial charge in [-0.25, -0.2) is 0 Å². The Kier molecular flexibility index (Phi) is 4.08. The zero-order chi connectivity index (χ0) is 15.9. The summed E-state index contributed by atoms with van der Waals surface area (Å²) in [5.74, 6) is -1.01. The van der Waals surface area contributed by atoms with Crippen LogP contribution >= 0.6 is 15.9 Å². The number of pyridine rings is 1. The molecule has 1 saturated heterocycles. The summed E-state index contributed by atoms with van der Waals surface area (Å²) < 4.78 is 2.06. The number of rotatable bonds is 4. The van der Waals surface area contributed by atoms with E-state index in [4.69, 9.17) is 0 Å². The molecule has 0 bridgehead atoms. The fraction of sp³-hybridized carbons (Fsp3) is 0.533. The van der Waals surface area contributed by atoms with Crippen LogP contribution in [0, 0.1) is 17.8 Å². The molecule has 1 aromatic heterocycles. The number of carbonyl (C=O) groups excluding carboxylic acids is 1. The van der Waals surface area contributed by atoms with Crippen LogP contribution in [0.4, 0.5) is 0 Å². The summed E-state index contributed by atoms with van der Waals surface area (Å²) in [7, 11) is 0. The minimum Gasteiger partial charge on any atom is -0.481 e. The molecule has 0 spiro atoms. The fourth-order valence-electron chi connectivity index (χ4n) is 3.17. The Balaban J connectivity index is 1.71. The third-order valence-corrected chi connectivity index (χ3v) is 4.98. The minimum atomic E-state index is -0.827. The van der Waals surface area contributed by atoms with Crippen molar-refractivity contribution in [3.8, 4) is 0 Å². The summed E-state index contributed by atoms with van der Waals surface area (Å²) >= 11 is 3.27. The zero-order valence-corrected chi connectivity index (χ0v) is 13.5. The van der Waals surface area contributed by atoms with Gasteiger partial charge in [-0.3, -0.25) is 14.4 Å². The predicted octanol–water partition coefficient (Wildman–Crippen LogP) is 1.18. The molecular formula is C15H17BrN2O4. The SMILES string of the molecule is O=C(O)[C@H]1CN(C(=O)Cn2cc(Br)ccc2=O)C[C@@H]1C1CC1.